The number of nitrogens with one attached hydrogen (secondary N) is 1. The summed E-state index contributed by atoms with van der Waals surface area (Å²) in [5.41, 5.74) is 7.15. The van der Waals surface area contributed by atoms with Crippen LogP contribution in [0.3, 0.4) is 0 Å². The second kappa shape index (κ2) is 8.11. The van der Waals surface area contributed by atoms with Crippen LogP contribution in [0.4, 0.5) is 5.69 Å². The van der Waals surface area contributed by atoms with Gasteiger partial charge in [-0.25, -0.2) is 0 Å². The van der Waals surface area contributed by atoms with E-state index in [1.54, 1.807) is 17.0 Å². The average molecular weight is 399 g/mol. The Balaban J connectivity index is 1.53. The van der Waals surface area contributed by atoms with Gasteiger partial charge in [0.2, 0.25) is 0 Å². The van der Waals surface area contributed by atoms with Crippen LogP contribution < -0.4 is 5.32 Å². The molecule has 0 aliphatic carbocycles. The van der Waals surface area contributed by atoms with Gasteiger partial charge < -0.3 is 10.2 Å². The maximum atomic E-state index is 13.0. The van der Waals surface area contributed by atoms with E-state index in [1.807, 2.05) is 45.0 Å². The van der Waals surface area contributed by atoms with E-state index in [4.69, 9.17) is 0 Å². The van der Waals surface area contributed by atoms with E-state index in [0.717, 1.165) is 34.4 Å². The number of amides is 2. The first-order valence-corrected chi connectivity index (χ1v) is 10.1. The van der Waals surface area contributed by atoms with Gasteiger partial charge in [0.05, 0.1) is 0 Å². The molecule has 30 heavy (non-hydrogen) atoms. The number of pyridine rings is 1. The predicted molar refractivity (Wildman–Crippen MR) is 118 cm³/mol. The van der Waals surface area contributed by atoms with Crippen LogP contribution in [-0.4, -0.2) is 28.2 Å². The van der Waals surface area contributed by atoms with Crippen LogP contribution in [0.15, 0.2) is 54.7 Å². The van der Waals surface area contributed by atoms with Crippen molar-refractivity contribution in [3.05, 3.63) is 93.8 Å². The van der Waals surface area contributed by atoms with Crippen molar-refractivity contribution in [1.82, 2.24) is 9.88 Å². The van der Waals surface area contributed by atoms with Crippen LogP contribution in [0.25, 0.3) is 0 Å². The van der Waals surface area contributed by atoms with E-state index in [2.05, 4.69) is 22.4 Å². The Kier molecular flexibility index (Phi) is 5.36. The molecule has 0 fully saturated rings. The molecule has 1 N–H and O–H groups in total. The molecule has 2 amide bonds. The summed E-state index contributed by atoms with van der Waals surface area (Å²) in [6, 6.07) is 15.5. The van der Waals surface area contributed by atoms with Crippen molar-refractivity contribution in [3.63, 3.8) is 0 Å². The third-order valence-electron chi connectivity index (χ3n) is 5.57. The largest absolute Gasteiger partial charge is 0.333 e. The molecular formula is C25H25N3O2. The minimum Gasteiger partial charge on any atom is -0.333 e. The second-order valence-corrected chi connectivity index (χ2v) is 7.90. The van der Waals surface area contributed by atoms with E-state index in [1.165, 1.54) is 11.8 Å². The van der Waals surface area contributed by atoms with Gasteiger partial charge in [-0.15, -0.1) is 0 Å². The number of hydrogen-bond donors (Lipinski definition) is 1. The van der Waals surface area contributed by atoms with Gasteiger partial charge in [0, 0.05) is 30.5 Å². The lowest BCUT2D eigenvalue weighted by atomic mass is 9.99. The molecule has 5 nitrogen and oxygen atoms in total. The predicted octanol–water partition coefficient (Wildman–Crippen LogP) is 4.46. The Labute approximate surface area is 176 Å². The normalized spacial score (nSPS) is 13.0. The highest BCUT2D eigenvalue weighted by atomic mass is 16.2. The van der Waals surface area contributed by atoms with Gasteiger partial charge in [-0.2, -0.15) is 0 Å². The van der Waals surface area contributed by atoms with Crippen molar-refractivity contribution in [3.8, 4) is 0 Å². The molecule has 0 saturated heterocycles. The zero-order valence-electron chi connectivity index (χ0n) is 17.5. The minimum absolute atomic E-state index is 0.151. The van der Waals surface area contributed by atoms with Gasteiger partial charge in [-0.05, 0) is 61.6 Å². The number of benzene rings is 2. The summed E-state index contributed by atoms with van der Waals surface area (Å²) in [6.07, 6.45) is 2.35. The Bertz CT molecular complexity index is 1110. The lowest BCUT2D eigenvalue weighted by Crippen LogP contribution is -2.36. The van der Waals surface area contributed by atoms with Gasteiger partial charge in [-0.3, -0.25) is 14.6 Å². The van der Waals surface area contributed by atoms with E-state index < -0.39 is 0 Å². The first-order chi connectivity index (χ1) is 14.4. The minimum atomic E-state index is -0.245. The van der Waals surface area contributed by atoms with Crippen LogP contribution in [0.1, 0.15) is 48.7 Å². The standard InChI is InChI=1S/C25H25N3O2/c1-16-12-17(2)23(18(3)13-16)27-24(29)20-8-10-26-22(14-20)25(30)28-11-9-19-6-4-5-7-21(19)15-28/h4-8,10,12-14H,9,11,15H2,1-3H3,(H,27,29). The highest BCUT2D eigenvalue weighted by Crippen LogP contribution is 2.23. The fraction of sp³-hybridized carbons (Fsp3) is 0.240. The number of hydrogen-bond acceptors (Lipinski definition) is 3. The SMILES string of the molecule is Cc1cc(C)c(NC(=O)c2ccnc(C(=O)N3CCc4ccccc4C3)c2)c(C)c1. The van der Waals surface area contributed by atoms with E-state index >= 15 is 0 Å². The van der Waals surface area contributed by atoms with Crippen molar-refractivity contribution in [1.29, 1.82) is 0 Å². The van der Waals surface area contributed by atoms with Crippen molar-refractivity contribution < 1.29 is 9.59 Å². The van der Waals surface area contributed by atoms with Crippen LogP contribution in [0, 0.1) is 20.8 Å². The van der Waals surface area contributed by atoms with Crippen LogP contribution in [0.5, 0.6) is 0 Å². The van der Waals surface area contributed by atoms with Crippen molar-refractivity contribution in [2.45, 2.75) is 33.7 Å². The number of carbonyl (C=O) groups excluding carboxylic acids is 2. The lowest BCUT2D eigenvalue weighted by Gasteiger charge is -2.28. The molecule has 1 aromatic heterocycles. The van der Waals surface area contributed by atoms with E-state index in [0.29, 0.717) is 24.3 Å². The molecule has 0 radical (unpaired) electrons. The van der Waals surface area contributed by atoms with Crippen molar-refractivity contribution in [2.75, 3.05) is 11.9 Å². The summed E-state index contributed by atoms with van der Waals surface area (Å²) < 4.78 is 0. The number of anilines is 1. The third-order valence-corrected chi connectivity index (χ3v) is 5.57. The number of carbonyl (C=O) groups is 2. The van der Waals surface area contributed by atoms with Crippen LogP contribution >= 0.6 is 0 Å². The monoisotopic (exact) mass is 399 g/mol. The molecule has 0 saturated carbocycles. The summed E-state index contributed by atoms with van der Waals surface area (Å²) >= 11 is 0. The second-order valence-electron chi connectivity index (χ2n) is 7.90. The molecule has 3 aromatic rings. The van der Waals surface area contributed by atoms with Crippen LogP contribution in [0.2, 0.25) is 0 Å². The molecule has 4 rings (SSSR count). The zero-order valence-corrected chi connectivity index (χ0v) is 17.5. The quantitative estimate of drug-likeness (QED) is 0.707. The van der Waals surface area contributed by atoms with Crippen LogP contribution in [-0.2, 0) is 13.0 Å². The average Bonchev–Trinajstić information content (AvgIpc) is 2.75. The number of rotatable bonds is 3. The summed E-state index contributed by atoms with van der Waals surface area (Å²) in [4.78, 5) is 31.9. The Hall–Kier alpha value is -3.47. The van der Waals surface area contributed by atoms with Crippen molar-refractivity contribution in [2.24, 2.45) is 0 Å². The number of fused-ring (bicyclic) bond motifs is 1. The molecule has 2 aromatic carbocycles. The molecule has 152 valence electrons. The van der Waals surface area contributed by atoms with Gasteiger partial charge in [0.15, 0.2) is 0 Å². The molecule has 5 heteroatoms. The maximum absolute atomic E-state index is 13.0. The first-order valence-electron chi connectivity index (χ1n) is 10.1. The molecule has 1 aliphatic heterocycles. The number of nitrogens with zero attached hydrogens (tertiary/aromatic N) is 2. The first kappa shape index (κ1) is 19.8. The molecule has 2 heterocycles. The summed E-state index contributed by atoms with van der Waals surface area (Å²) in [7, 11) is 0. The Morgan fingerprint density at radius 1 is 0.967 bits per heavy atom. The number of aryl methyl sites for hydroxylation is 3. The van der Waals surface area contributed by atoms with Crippen molar-refractivity contribution >= 4 is 17.5 Å². The van der Waals surface area contributed by atoms with Gasteiger partial charge in [0.25, 0.3) is 11.8 Å². The third kappa shape index (κ3) is 3.96. The summed E-state index contributed by atoms with van der Waals surface area (Å²) in [6.45, 7) is 7.20. The summed E-state index contributed by atoms with van der Waals surface area (Å²) in [5, 5.41) is 2.99. The lowest BCUT2D eigenvalue weighted by molar-refractivity contribution is 0.0728. The smallest absolute Gasteiger partial charge is 0.272 e. The molecule has 1 aliphatic rings. The van der Waals surface area contributed by atoms with E-state index in [9.17, 15) is 9.59 Å². The van der Waals surface area contributed by atoms with E-state index in [-0.39, 0.29) is 11.8 Å². The molecule has 0 bridgehead atoms. The van der Waals surface area contributed by atoms with Gasteiger partial charge in [-0.1, -0.05) is 42.0 Å². The summed E-state index contributed by atoms with van der Waals surface area (Å²) in [5.74, 6) is -0.396. The Morgan fingerprint density at radius 2 is 1.67 bits per heavy atom. The maximum Gasteiger partial charge on any atom is 0.272 e. The zero-order chi connectivity index (χ0) is 21.3. The highest BCUT2D eigenvalue weighted by Gasteiger charge is 2.23. The van der Waals surface area contributed by atoms with Gasteiger partial charge in [0.1, 0.15) is 5.69 Å². The van der Waals surface area contributed by atoms with Gasteiger partial charge >= 0.3 is 0 Å². The number of aromatic nitrogens is 1. The molecule has 0 atom stereocenters. The highest BCUT2D eigenvalue weighted by molar-refractivity contribution is 6.06. The molecular weight excluding hydrogens is 374 g/mol. The fourth-order valence-corrected chi connectivity index (χ4v) is 4.08. The fourth-order valence-electron chi connectivity index (χ4n) is 4.08. The Morgan fingerprint density at radius 3 is 2.40 bits per heavy atom. The topological polar surface area (TPSA) is 62.3 Å². The molecule has 0 spiro atoms. The molecule has 0 unspecified atom stereocenters.